The van der Waals surface area contributed by atoms with Crippen LogP contribution >= 0.6 is 11.8 Å². The first kappa shape index (κ1) is 24.9. The van der Waals surface area contributed by atoms with E-state index in [0.717, 1.165) is 24.5 Å². The number of hydrogen-bond donors (Lipinski definition) is 1. The van der Waals surface area contributed by atoms with Crippen LogP contribution in [-0.2, 0) is 14.4 Å². The maximum Gasteiger partial charge on any atom is 0.251 e. The highest BCUT2D eigenvalue weighted by Crippen LogP contribution is 2.61. The summed E-state index contributed by atoms with van der Waals surface area (Å²) in [5.41, 5.74) is 1.86. The Kier molecular flexibility index (Phi) is 6.63. The van der Waals surface area contributed by atoms with Crippen LogP contribution in [0.4, 0.5) is 11.4 Å². The molecule has 5 atom stereocenters. The van der Waals surface area contributed by atoms with E-state index in [4.69, 9.17) is 0 Å². The van der Waals surface area contributed by atoms with Gasteiger partial charge in [0.05, 0.1) is 23.2 Å². The summed E-state index contributed by atoms with van der Waals surface area (Å²) >= 11 is 1.56. The SMILES string of the molecule is CCN(CC)c1ccc(N2CC=C[C@]34S[C@H]5C=CCN(C)C(=O)[C@H]5[C@H]3C(=O)N(CCO)C4C2=O)cc1. The lowest BCUT2D eigenvalue weighted by molar-refractivity contribution is -0.142. The summed E-state index contributed by atoms with van der Waals surface area (Å²) in [6, 6.07) is 7.17. The highest BCUT2D eigenvalue weighted by molar-refractivity contribution is 8.02. The molecule has 1 unspecified atom stereocenters. The van der Waals surface area contributed by atoms with Crippen molar-refractivity contribution >= 4 is 40.9 Å². The second-order valence-corrected chi connectivity index (χ2v) is 11.3. The van der Waals surface area contributed by atoms with Crippen LogP contribution < -0.4 is 9.80 Å². The predicted molar refractivity (Wildman–Crippen MR) is 142 cm³/mol. The van der Waals surface area contributed by atoms with Crippen LogP contribution in [0.5, 0.6) is 0 Å². The average Bonchev–Trinajstić information content (AvgIpc) is 3.19. The van der Waals surface area contributed by atoms with Gasteiger partial charge in [-0.05, 0) is 38.1 Å². The molecule has 9 heteroatoms. The molecule has 192 valence electrons. The zero-order valence-corrected chi connectivity index (χ0v) is 21.9. The average molecular weight is 511 g/mol. The van der Waals surface area contributed by atoms with E-state index in [1.807, 2.05) is 48.6 Å². The molecule has 36 heavy (non-hydrogen) atoms. The Bertz CT molecular complexity index is 1100. The molecule has 0 bridgehead atoms. The number of likely N-dealkylation sites (tertiary alicyclic amines) is 1. The van der Waals surface area contributed by atoms with Gasteiger partial charge in [0.15, 0.2) is 0 Å². The van der Waals surface area contributed by atoms with E-state index in [2.05, 4.69) is 18.7 Å². The Morgan fingerprint density at radius 3 is 2.42 bits per heavy atom. The Labute approximate surface area is 216 Å². The molecular weight excluding hydrogens is 476 g/mol. The molecule has 0 saturated carbocycles. The van der Waals surface area contributed by atoms with Gasteiger partial charge in [0.2, 0.25) is 11.8 Å². The van der Waals surface area contributed by atoms with Crippen molar-refractivity contribution in [2.45, 2.75) is 29.9 Å². The van der Waals surface area contributed by atoms with Crippen molar-refractivity contribution in [3.63, 3.8) is 0 Å². The van der Waals surface area contributed by atoms with Gasteiger partial charge in [0, 0.05) is 56.4 Å². The van der Waals surface area contributed by atoms with Crippen molar-refractivity contribution in [2.75, 3.05) is 56.2 Å². The second-order valence-electron chi connectivity index (χ2n) is 9.78. The van der Waals surface area contributed by atoms with Crippen molar-refractivity contribution in [3.05, 3.63) is 48.6 Å². The third-order valence-corrected chi connectivity index (χ3v) is 9.74. The van der Waals surface area contributed by atoms with E-state index in [1.54, 1.807) is 28.6 Å². The molecule has 4 heterocycles. The Morgan fingerprint density at radius 2 is 1.75 bits per heavy atom. The molecule has 4 aliphatic rings. The number of benzene rings is 1. The molecule has 2 fully saturated rings. The number of amides is 3. The number of likely N-dealkylation sites (N-methyl/N-ethyl adjacent to an activating group) is 1. The lowest BCUT2D eigenvalue weighted by atomic mass is 9.78. The Morgan fingerprint density at radius 1 is 1.03 bits per heavy atom. The number of hydrogen-bond acceptors (Lipinski definition) is 6. The number of fused-ring (bicyclic) bond motifs is 2. The zero-order chi connectivity index (χ0) is 25.6. The third-order valence-electron chi connectivity index (χ3n) is 7.99. The number of carbonyl (C=O) groups is 3. The molecule has 0 aromatic heterocycles. The number of nitrogens with zero attached hydrogens (tertiary/aromatic N) is 4. The molecule has 1 aromatic carbocycles. The molecular formula is C27H34N4O4S. The fourth-order valence-corrected chi connectivity index (χ4v) is 8.28. The van der Waals surface area contributed by atoms with Gasteiger partial charge in [-0.25, -0.2) is 0 Å². The summed E-state index contributed by atoms with van der Waals surface area (Å²) < 4.78 is -0.854. The van der Waals surface area contributed by atoms with Gasteiger partial charge in [-0.1, -0.05) is 24.3 Å². The predicted octanol–water partition coefficient (Wildman–Crippen LogP) is 1.75. The normalized spacial score (nSPS) is 31.3. The van der Waals surface area contributed by atoms with Crippen molar-refractivity contribution in [1.82, 2.24) is 9.80 Å². The maximum absolute atomic E-state index is 14.2. The van der Waals surface area contributed by atoms with E-state index in [1.165, 1.54) is 4.90 Å². The first-order valence-electron chi connectivity index (χ1n) is 12.7. The first-order chi connectivity index (χ1) is 17.4. The van der Waals surface area contributed by atoms with Crippen LogP contribution in [0.15, 0.2) is 48.6 Å². The smallest absolute Gasteiger partial charge is 0.251 e. The molecule has 8 nitrogen and oxygen atoms in total. The van der Waals surface area contributed by atoms with Crippen LogP contribution in [-0.4, -0.2) is 95.0 Å². The largest absolute Gasteiger partial charge is 0.395 e. The quantitative estimate of drug-likeness (QED) is 0.587. The number of rotatable bonds is 6. The van der Waals surface area contributed by atoms with E-state index >= 15 is 0 Å². The molecule has 2 saturated heterocycles. The van der Waals surface area contributed by atoms with E-state index in [0.29, 0.717) is 13.1 Å². The van der Waals surface area contributed by atoms with Crippen LogP contribution in [0, 0.1) is 11.8 Å². The van der Waals surface area contributed by atoms with Gasteiger partial charge < -0.3 is 24.7 Å². The molecule has 4 aliphatic heterocycles. The summed E-state index contributed by atoms with van der Waals surface area (Å²) in [5.74, 6) is -1.63. The van der Waals surface area contributed by atoms with Crippen molar-refractivity contribution in [1.29, 1.82) is 0 Å². The van der Waals surface area contributed by atoms with Crippen LogP contribution in [0.2, 0.25) is 0 Å². The summed E-state index contributed by atoms with van der Waals surface area (Å²) in [6.45, 7) is 6.73. The summed E-state index contributed by atoms with van der Waals surface area (Å²) in [7, 11) is 1.75. The maximum atomic E-state index is 14.2. The van der Waals surface area contributed by atoms with Gasteiger partial charge in [-0.3, -0.25) is 14.4 Å². The summed E-state index contributed by atoms with van der Waals surface area (Å²) in [6.07, 6.45) is 7.97. The number of aliphatic hydroxyl groups excluding tert-OH is 1. The van der Waals surface area contributed by atoms with Crippen LogP contribution in [0.3, 0.4) is 0 Å². The second kappa shape index (κ2) is 9.59. The van der Waals surface area contributed by atoms with Gasteiger partial charge in [-0.15, -0.1) is 11.8 Å². The summed E-state index contributed by atoms with van der Waals surface area (Å²) in [5, 5.41) is 9.63. The fraction of sp³-hybridized carbons (Fsp3) is 0.519. The molecule has 1 N–H and O–H groups in total. The number of anilines is 2. The Hall–Kier alpha value is -2.78. The molecule has 3 amide bonds. The van der Waals surface area contributed by atoms with Crippen LogP contribution in [0.25, 0.3) is 0 Å². The molecule has 1 aromatic rings. The topological polar surface area (TPSA) is 84.4 Å². The highest BCUT2D eigenvalue weighted by atomic mass is 32.2. The van der Waals surface area contributed by atoms with Crippen molar-refractivity contribution < 1.29 is 19.5 Å². The number of aliphatic hydroxyl groups is 1. The lowest BCUT2D eigenvalue weighted by Gasteiger charge is -2.35. The van der Waals surface area contributed by atoms with Crippen molar-refractivity contribution in [3.8, 4) is 0 Å². The van der Waals surface area contributed by atoms with Gasteiger partial charge >= 0.3 is 0 Å². The van der Waals surface area contributed by atoms with Gasteiger partial charge in [-0.2, -0.15) is 0 Å². The van der Waals surface area contributed by atoms with Crippen LogP contribution in [0.1, 0.15) is 13.8 Å². The number of carbonyl (C=O) groups excluding carboxylic acids is 3. The molecule has 0 radical (unpaired) electrons. The van der Waals surface area contributed by atoms with Gasteiger partial charge in [0.25, 0.3) is 5.91 Å². The van der Waals surface area contributed by atoms with Crippen molar-refractivity contribution in [2.24, 2.45) is 11.8 Å². The monoisotopic (exact) mass is 510 g/mol. The minimum absolute atomic E-state index is 0.0634. The minimum Gasteiger partial charge on any atom is -0.395 e. The highest BCUT2D eigenvalue weighted by Gasteiger charge is 2.70. The van der Waals surface area contributed by atoms with Gasteiger partial charge in [0.1, 0.15) is 6.04 Å². The summed E-state index contributed by atoms with van der Waals surface area (Å²) in [4.78, 5) is 48.6. The number of thioether (sulfide) groups is 1. The third kappa shape index (κ3) is 3.66. The fourth-order valence-electron chi connectivity index (χ4n) is 6.27. The Balaban J connectivity index is 1.54. The molecule has 1 spiro atoms. The van der Waals surface area contributed by atoms with E-state index in [-0.39, 0.29) is 36.1 Å². The minimum atomic E-state index is -0.854. The molecule has 5 rings (SSSR count). The molecule has 0 aliphatic carbocycles. The zero-order valence-electron chi connectivity index (χ0n) is 21.0. The first-order valence-corrected chi connectivity index (χ1v) is 13.6. The lowest BCUT2D eigenvalue weighted by Crippen LogP contribution is -2.53. The standard InChI is InChI=1S/C27H34N4O4S/c1-4-29(5-2)18-9-11-19(12-10-18)30-15-7-13-27-22(25(34)31(16-17-32)23(27)26(30)35)21-20(36-27)8-6-14-28(3)24(21)33/h6-13,20-23,32H,4-5,14-17H2,1-3H3/t20-,21+,22-,23?,27-/m0/s1. The number of β-amino-alcohol motifs (C(OH)–C–C–N with tert-alkyl or cyclic N) is 1. The van der Waals surface area contributed by atoms with E-state index < -0.39 is 22.6 Å². The van der Waals surface area contributed by atoms with E-state index in [9.17, 15) is 19.5 Å².